The lowest BCUT2D eigenvalue weighted by Gasteiger charge is -2.00. The number of carbonyl (C=O) groups excluding carboxylic acids is 1. The Kier molecular flexibility index (Phi) is 3.89. The van der Waals surface area contributed by atoms with E-state index in [0.717, 1.165) is 5.56 Å². The maximum absolute atomic E-state index is 12.0. The molecule has 0 aliphatic carbocycles. The Morgan fingerprint density at radius 3 is 2.72 bits per heavy atom. The van der Waals surface area contributed by atoms with Gasteiger partial charge in [0, 0.05) is 25.7 Å². The highest BCUT2D eigenvalue weighted by atomic mass is 16.1. The summed E-state index contributed by atoms with van der Waals surface area (Å²) >= 11 is 0. The molecule has 18 heavy (non-hydrogen) atoms. The summed E-state index contributed by atoms with van der Waals surface area (Å²) in [5.41, 5.74) is 8.16. The summed E-state index contributed by atoms with van der Waals surface area (Å²) in [6.45, 7) is 3.26. The van der Waals surface area contributed by atoms with Crippen LogP contribution in [0.1, 0.15) is 21.6 Å². The quantitative estimate of drug-likeness (QED) is 0.811. The van der Waals surface area contributed by atoms with Gasteiger partial charge in [-0.25, -0.2) is 4.98 Å². The van der Waals surface area contributed by atoms with Crippen molar-refractivity contribution in [3.63, 3.8) is 0 Å². The standard InChI is InChI=1S/C14H17N3O/c1-11-2-4-12(5-3-11)8-14(18)13-9-17(7-6-15)10-16-13/h2-5,9-10H,6-8,15H2,1H3. The van der Waals surface area contributed by atoms with Gasteiger partial charge in [0.2, 0.25) is 0 Å². The van der Waals surface area contributed by atoms with Gasteiger partial charge in [-0.15, -0.1) is 0 Å². The summed E-state index contributed by atoms with van der Waals surface area (Å²) in [5.74, 6) is 0.0367. The van der Waals surface area contributed by atoms with Crippen LogP contribution in [0.15, 0.2) is 36.8 Å². The number of ketones is 1. The summed E-state index contributed by atoms with van der Waals surface area (Å²) < 4.78 is 1.84. The largest absolute Gasteiger partial charge is 0.335 e. The van der Waals surface area contributed by atoms with Gasteiger partial charge in [0.05, 0.1) is 6.33 Å². The Morgan fingerprint density at radius 1 is 1.33 bits per heavy atom. The third-order valence-electron chi connectivity index (χ3n) is 2.79. The molecule has 2 N–H and O–H groups in total. The van der Waals surface area contributed by atoms with Crippen LogP contribution >= 0.6 is 0 Å². The van der Waals surface area contributed by atoms with Gasteiger partial charge in [0.25, 0.3) is 0 Å². The molecular formula is C14H17N3O. The van der Waals surface area contributed by atoms with Crippen molar-refractivity contribution < 1.29 is 4.79 Å². The predicted octanol–water partition coefficient (Wildman–Crippen LogP) is 1.58. The zero-order valence-corrected chi connectivity index (χ0v) is 10.5. The van der Waals surface area contributed by atoms with Crippen LogP contribution in [0.25, 0.3) is 0 Å². The van der Waals surface area contributed by atoms with Gasteiger partial charge in [-0.05, 0) is 12.5 Å². The molecule has 0 unspecified atom stereocenters. The number of aryl methyl sites for hydroxylation is 1. The zero-order chi connectivity index (χ0) is 13.0. The van der Waals surface area contributed by atoms with Gasteiger partial charge in [0.15, 0.2) is 5.78 Å². The monoisotopic (exact) mass is 243 g/mol. The predicted molar refractivity (Wildman–Crippen MR) is 70.5 cm³/mol. The lowest BCUT2D eigenvalue weighted by atomic mass is 10.1. The molecule has 1 aromatic heterocycles. The molecular weight excluding hydrogens is 226 g/mol. The van der Waals surface area contributed by atoms with Crippen molar-refractivity contribution >= 4 is 5.78 Å². The van der Waals surface area contributed by atoms with Crippen molar-refractivity contribution in [2.75, 3.05) is 6.54 Å². The Bertz CT molecular complexity index is 528. The van der Waals surface area contributed by atoms with Gasteiger partial charge < -0.3 is 10.3 Å². The third-order valence-corrected chi connectivity index (χ3v) is 2.79. The van der Waals surface area contributed by atoms with E-state index in [4.69, 9.17) is 5.73 Å². The second-order valence-electron chi connectivity index (χ2n) is 4.37. The van der Waals surface area contributed by atoms with E-state index in [0.29, 0.717) is 25.2 Å². The summed E-state index contributed by atoms with van der Waals surface area (Å²) in [6, 6.07) is 7.97. The molecule has 2 aromatic rings. The van der Waals surface area contributed by atoms with E-state index < -0.39 is 0 Å². The minimum atomic E-state index is 0.0367. The second-order valence-corrected chi connectivity index (χ2v) is 4.37. The SMILES string of the molecule is Cc1ccc(CC(=O)c2cn(CCN)cn2)cc1. The molecule has 0 amide bonds. The van der Waals surface area contributed by atoms with Crippen molar-refractivity contribution in [2.45, 2.75) is 19.9 Å². The summed E-state index contributed by atoms with van der Waals surface area (Å²) in [5, 5.41) is 0. The molecule has 0 saturated heterocycles. The van der Waals surface area contributed by atoms with Crippen molar-refractivity contribution in [1.82, 2.24) is 9.55 Å². The van der Waals surface area contributed by atoms with Gasteiger partial charge in [-0.1, -0.05) is 29.8 Å². The Balaban J connectivity index is 2.04. The molecule has 0 aliphatic rings. The van der Waals surface area contributed by atoms with Crippen molar-refractivity contribution in [3.8, 4) is 0 Å². The molecule has 0 bridgehead atoms. The van der Waals surface area contributed by atoms with Gasteiger partial charge in [-0.2, -0.15) is 0 Å². The Morgan fingerprint density at radius 2 is 2.06 bits per heavy atom. The molecule has 0 aliphatic heterocycles. The molecule has 94 valence electrons. The van der Waals surface area contributed by atoms with E-state index in [1.54, 1.807) is 12.5 Å². The van der Waals surface area contributed by atoms with Crippen molar-refractivity contribution in [1.29, 1.82) is 0 Å². The Labute approximate surface area is 106 Å². The first-order chi connectivity index (χ1) is 8.69. The minimum Gasteiger partial charge on any atom is -0.335 e. The molecule has 1 aromatic carbocycles. The van der Waals surface area contributed by atoms with E-state index in [-0.39, 0.29) is 5.78 Å². The molecule has 0 radical (unpaired) electrons. The number of imidazole rings is 1. The van der Waals surface area contributed by atoms with Crippen LogP contribution in [0.3, 0.4) is 0 Å². The first-order valence-electron chi connectivity index (χ1n) is 5.99. The molecule has 2 rings (SSSR count). The average molecular weight is 243 g/mol. The van der Waals surface area contributed by atoms with Crippen molar-refractivity contribution in [2.24, 2.45) is 5.73 Å². The topological polar surface area (TPSA) is 60.9 Å². The van der Waals surface area contributed by atoms with E-state index in [1.807, 2.05) is 35.8 Å². The third kappa shape index (κ3) is 3.05. The highest BCUT2D eigenvalue weighted by molar-refractivity contribution is 5.95. The van der Waals surface area contributed by atoms with Crippen LogP contribution in [0.5, 0.6) is 0 Å². The van der Waals surface area contributed by atoms with Gasteiger partial charge in [0.1, 0.15) is 5.69 Å². The first-order valence-corrected chi connectivity index (χ1v) is 5.99. The van der Waals surface area contributed by atoms with Crippen LogP contribution in [-0.2, 0) is 13.0 Å². The number of hydrogen-bond acceptors (Lipinski definition) is 3. The van der Waals surface area contributed by atoms with Crippen LogP contribution in [0.2, 0.25) is 0 Å². The fraction of sp³-hybridized carbons (Fsp3) is 0.286. The molecule has 4 nitrogen and oxygen atoms in total. The van der Waals surface area contributed by atoms with E-state index >= 15 is 0 Å². The average Bonchev–Trinajstić information content (AvgIpc) is 2.81. The fourth-order valence-electron chi connectivity index (χ4n) is 1.76. The Hall–Kier alpha value is -1.94. The summed E-state index contributed by atoms with van der Waals surface area (Å²) in [6.07, 6.45) is 3.79. The molecule has 4 heteroatoms. The normalized spacial score (nSPS) is 10.6. The maximum atomic E-state index is 12.0. The van der Waals surface area contributed by atoms with Crippen LogP contribution in [0.4, 0.5) is 0 Å². The molecule has 0 saturated carbocycles. The number of nitrogens with zero attached hydrogens (tertiary/aromatic N) is 2. The highest BCUT2D eigenvalue weighted by Crippen LogP contribution is 2.07. The number of rotatable bonds is 5. The minimum absolute atomic E-state index is 0.0367. The molecule has 1 heterocycles. The van der Waals surface area contributed by atoms with Crippen LogP contribution in [0, 0.1) is 6.92 Å². The maximum Gasteiger partial charge on any atom is 0.187 e. The smallest absolute Gasteiger partial charge is 0.187 e. The van der Waals surface area contributed by atoms with Crippen LogP contribution in [-0.4, -0.2) is 21.9 Å². The molecule has 0 atom stereocenters. The second kappa shape index (κ2) is 5.60. The van der Waals surface area contributed by atoms with Crippen molar-refractivity contribution in [3.05, 3.63) is 53.6 Å². The zero-order valence-electron chi connectivity index (χ0n) is 10.5. The van der Waals surface area contributed by atoms with Crippen LogP contribution < -0.4 is 5.73 Å². The molecule has 0 fully saturated rings. The number of Topliss-reactive ketones (excluding diaryl/α,β-unsaturated/α-hetero) is 1. The van der Waals surface area contributed by atoms with E-state index in [9.17, 15) is 4.79 Å². The fourth-order valence-corrected chi connectivity index (χ4v) is 1.76. The number of aromatic nitrogens is 2. The number of nitrogens with two attached hydrogens (primary N) is 1. The number of benzene rings is 1. The van der Waals surface area contributed by atoms with E-state index in [2.05, 4.69) is 4.98 Å². The lowest BCUT2D eigenvalue weighted by molar-refractivity contribution is 0.0988. The van der Waals surface area contributed by atoms with Gasteiger partial charge >= 0.3 is 0 Å². The number of hydrogen-bond donors (Lipinski definition) is 1. The van der Waals surface area contributed by atoms with E-state index in [1.165, 1.54) is 5.56 Å². The summed E-state index contributed by atoms with van der Waals surface area (Å²) in [7, 11) is 0. The number of carbonyl (C=O) groups is 1. The van der Waals surface area contributed by atoms with Gasteiger partial charge in [-0.3, -0.25) is 4.79 Å². The summed E-state index contributed by atoms with van der Waals surface area (Å²) in [4.78, 5) is 16.1. The lowest BCUT2D eigenvalue weighted by Crippen LogP contribution is -2.08. The molecule has 0 spiro atoms. The first kappa shape index (κ1) is 12.5. The highest BCUT2D eigenvalue weighted by Gasteiger charge is 2.10.